The first-order chi connectivity index (χ1) is 19.9. The van der Waals surface area contributed by atoms with Crippen LogP contribution >= 0.6 is 11.6 Å². The Balaban J connectivity index is 1.33. The van der Waals surface area contributed by atoms with Crippen molar-refractivity contribution in [2.45, 2.75) is 20.5 Å². The van der Waals surface area contributed by atoms with Crippen molar-refractivity contribution in [3.63, 3.8) is 0 Å². The van der Waals surface area contributed by atoms with Gasteiger partial charge in [-0.05, 0) is 104 Å². The van der Waals surface area contributed by atoms with E-state index in [0.29, 0.717) is 58.8 Å². The van der Waals surface area contributed by atoms with Crippen LogP contribution in [0.1, 0.15) is 45.7 Å². The molecule has 0 heterocycles. The largest absolute Gasteiger partial charge is 0.494 e. The molecule has 0 fully saturated rings. The van der Waals surface area contributed by atoms with E-state index in [1.165, 1.54) is 6.21 Å². The standard InChI is InChI=1S/C32H29ClN2O6/c1-3-38-27-16-10-25(11-17-27)32(37)41-29-18-7-23(19-30(29)39-4-2)20-34-35-31(36)24-8-14-28(15-9-24)40-21-22-5-12-26(33)13-6-22/h5-20H,3-4,21H2,1-2H3,(H,35,36)/b34-20-. The number of hydrazone groups is 1. The molecule has 0 bridgehead atoms. The van der Waals surface area contributed by atoms with Gasteiger partial charge in [0.15, 0.2) is 11.5 Å². The van der Waals surface area contributed by atoms with E-state index in [2.05, 4.69) is 10.5 Å². The van der Waals surface area contributed by atoms with E-state index in [1.54, 1.807) is 78.9 Å². The van der Waals surface area contributed by atoms with Gasteiger partial charge in [-0.2, -0.15) is 5.10 Å². The first-order valence-corrected chi connectivity index (χ1v) is 13.4. The molecule has 41 heavy (non-hydrogen) atoms. The van der Waals surface area contributed by atoms with Crippen LogP contribution in [-0.4, -0.2) is 31.3 Å². The lowest BCUT2D eigenvalue weighted by molar-refractivity contribution is 0.0728. The van der Waals surface area contributed by atoms with Crippen molar-refractivity contribution in [3.8, 4) is 23.0 Å². The average Bonchev–Trinajstić information content (AvgIpc) is 2.99. The Kier molecular flexibility index (Phi) is 10.3. The summed E-state index contributed by atoms with van der Waals surface area (Å²) in [6.07, 6.45) is 1.47. The van der Waals surface area contributed by atoms with Gasteiger partial charge in [0, 0.05) is 10.6 Å². The number of esters is 1. The third kappa shape index (κ3) is 8.58. The van der Waals surface area contributed by atoms with Gasteiger partial charge < -0.3 is 18.9 Å². The lowest BCUT2D eigenvalue weighted by atomic mass is 10.2. The van der Waals surface area contributed by atoms with Crippen LogP contribution in [0, 0.1) is 0 Å². The number of halogens is 1. The lowest BCUT2D eigenvalue weighted by Gasteiger charge is -2.11. The van der Waals surface area contributed by atoms with Crippen molar-refractivity contribution < 1.29 is 28.5 Å². The molecule has 0 saturated heterocycles. The zero-order valence-electron chi connectivity index (χ0n) is 22.6. The highest BCUT2D eigenvalue weighted by Crippen LogP contribution is 2.29. The van der Waals surface area contributed by atoms with E-state index in [0.717, 1.165) is 5.56 Å². The fourth-order valence-corrected chi connectivity index (χ4v) is 3.78. The second-order valence-electron chi connectivity index (χ2n) is 8.62. The van der Waals surface area contributed by atoms with Gasteiger partial charge in [0.25, 0.3) is 5.91 Å². The molecule has 9 heteroatoms. The molecule has 1 amide bonds. The molecule has 0 saturated carbocycles. The maximum atomic E-state index is 12.6. The van der Waals surface area contributed by atoms with Gasteiger partial charge in [-0.3, -0.25) is 4.79 Å². The van der Waals surface area contributed by atoms with Crippen molar-refractivity contribution in [2.24, 2.45) is 5.10 Å². The summed E-state index contributed by atoms with van der Waals surface area (Å²) >= 11 is 5.91. The highest BCUT2D eigenvalue weighted by atomic mass is 35.5. The van der Waals surface area contributed by atoms with Crippen molar-refractivity contribution in [3.05, 3.63) is 118 Å². The number of nitrogens with one attached hydrogen (secondary N) is 1. The molecule has 0 atom stereocenters. The normalized spacial score (nSPS) is 10.7. The predicted octanol–water partition coefficient (Wildman–Crippen LogP) is 6.70. The second kappa shape index (κ2) is 14.5. The number of hydrogen-bond acceptors (Lipinski definition) is 7. The molecule has 210 valence electrons. The average molecular weight is 573 g/mol. The smallest absolute Gasteiger partial charge is 0.343 e. The van der Waals surface area contributed by atoms with Gasteiger partial charge >= 0.3 is 5.97 Å². The van der Waals surface area contributed by atoms with Crippen molar-refractivity contribution >= 4 is 29.7 Å². The molecular formula is C32H29ClN2O6. The van der Waals surface area contributed by atoms with Crippen LogP contribution in [0.25, 0.3) is 0 Å². The summed E-state index contributed by atoms with van der Waals surface area (Å²) in [5.41, 5.74) is 4.93. The molecule has 0 aliphatic rings. The minimum atomic E-state index is -0.524. The lowest BCUT2D eigenvalue weighted by Crippen LogP contribution is -2.17. The first-order valence-electron chi connectivity index (χ1n) is 13.0. The fraction of sp³-hybridized carbons (Fsp3) is 0.156. The van der Waals surface area contributed by atoms with Gasteiger partial charge in [-0.25, -0.2) is 10.2 Å². The van der Waals surface area contributed by atoms with Crippen molar-refractivity contribution in [1.82, 2.24) is 5.43 Å². The van der Waals surface area contributed by atoms with E-state index in [1.807, 2.05) is 26.0 Å². The van der Waals surface area contributed by atoms with Crippen LogP contribution < -0.4 is 24.4 Å². The monoisotopic (exact) mass is 572 g/mol. The Labute approximate surface area is 243 Å². The zero-order chi connectivity index (χ0) is 29.0. The van der Waals surface area contributed by atoms with Crippen molar-refractivity contribution in [2.75, 3.05) is 13.2 Å². The highest BCUT2D eigenvalue weighted by Gasteiger charge is 2.14. The molecular weight excluding hydrogens is 544 g/mol. The highest BCUT2D eigenvalue weighted by molar-refractivity contribution is 6.30. The third-order valence-electron chi connectivity index (χ3n) is 5.69. The molecule has 0 radical (unpaired) electrons. The molecule has 0 aromatic heterocycles. The van der Waals surface area contributed by atoms with E-state index in [9.17, 15) is 9.59 Å². The number of ether oxygens (including phenoxy) is 4. The number of hydrogen-bond donors (Lipinski definition) is 1. The van der Waals surface area contributed by atoms with Crippen LogP contribution in [-0.2, 0) is 6.61 Å². The van der Waals surface area contributed by atoms with E-state index in [-0.39, 0.29) is 11.7 Å². The van der Waals surface area contributed by atoms with Crippen LogP contribution in [0.2, 0.25) is 5.02 Å². The second-order valence-corrected chi connectivity index (χ2v) is 9.06. The molecule has 8 nitrogen and oxygen atoms in total. The number of benzene rings is 4. The molecule has 1 N–H and O–H groups in total. The van der Waals surface area contributed by atoms with Crippen LogP contribution in [0.5, 0.6) is 23.0 Å². The van der Waals surface area contributed by atoms with Gasteiger partial charge in [0.05, 0.1) is 25.0 Å². The van der Waals surface area contributed by atoms with Crippen LogP contribution in [0.3, 0.4) is 0 Å². The minimum absolute atomic E-state index is 0.269. The Hall–Kier alpha value is -4.82. The van der Waals surface area contributed by atoms with E-state index < -0.39 is 5.97 Å². The molecule has 0 aliphatic heterocycles. The number of carbonyl (C=O) groups is 2. The van der Waals surface area contributed by atoms with Gasteiger partial charge in [-0.1, -0.05) is 23.7 Å². The van der Waals surface area contributed by atoms with Gasteiger partial charge in [0.1, 0.15) is 18.1 Å². The van der Waals surface area contributed by atoms with Crippen molar-refractivity contribution in [1.29, 1.82) is 0 Å². The Morgan fingerprint density at radius 3 is 2.05 bits per heavy atom. The summed E-state index contributed by atoms with van der Waals surface area (Å²) in [5, 5.41) is 4.71. The van der Waals surface area contributed by atoms with E-state index in [4.69, 9.17) is 30.5 Å². The number of rotatable bonds is 12. The summed E-state index contributed by atoms with van der Waals surface area (Å²) in [5.74, 6) is 1.04. The maximum Gasteiger partial charge on any atom is 0.343 e. The summed E-state index contributed by atoms with van der Waals surface area (Å²) in [6, 6.07) is 25.8. The minimum Gasteiger partial charge on any atom is -0.494 e. The Morgan fingerprint density at radius 2 is 1.39 bits per heavy atom. The summed E-state index contributed by atoms with van der Waals surface area (Å²) < 4.78 is 22.4. The van der Waals surface area contributed by atoms with Gasteiger partial charge in [0.2, 0.25) is 0 Å². The molecule has 0 aliphatic carbocycles. The SMILES string of the molecule is CCOc1ccc(C(=O)Oc2ccc(/C=N\NC(=O)c3ccc(OCc4ccc(Cl)cc4)cc3)cc2OCC)cc1. The zero-order valence-corrected chi connectivity index (χ0v) is 23.4. The molecule has 0 spiro atoms. The summed E-state index contributed by atoms with van der Waals surface area (Å²) in [7, 11) is 0. The molecule has 4 aromatic rings. The Morgan fingerprint density at radius 1 is 0.756 bits per heavy atom. The topological polar surface area (TPSA) is 95.5 Å². The number of nitrogens with zero attached hydrogens (tertiary/aromatic N) is 1. The summed E-state index contributed by atoms with van der Waals surface area (Å²) in [4.78, 5) is 25.2. The molecule has 4 rings (SSSR count). The molecule has 0 unspecified atom stereocenters. The number of carbonyl (C=O) groups excluding carboxylic acids is 2. The van der Waals surface area contributed by atoms with Gasteiger partial charge in [-0.15, -0.1) is 0 Å². The third-order valence-corrected chi connectivity index (χ3v) is 5.94. The van der Waals surface area contributed by atoms with Crippen LogP contribution in [0.15, 0.2) is 96.1 Å². The van der Waals surface area contributed by atoms with E-state index >= 15 is 0 Å². The number of amides is 1. The predicted molar refractivity (Wildman–Crippen MR) is 157 cm³/mol. The van der Waals surface area contributed by atoms with Crippen LogP contribution in [0.4, 0.5) is 0 Å². The Bertz CT molecular complexity index is 1490. The maximum absolute atomic E-state index is 12.6. The fourth-order valence-electron chi connectivity index (χ4n) is 3.65. The first kappa shape index (κ1) is 29.2. The quantitative estimate of drug-likeness (QED) is 0.0878. The summed E-state index contributed by atoms with van der Waals surface area (Å²) in [6.45, 7) is 5.00. The molecule has 4 aromatic carbocycles.